The monoisotopic (exact) mass is 330 g/mol. The zero-order chi connectivity index (χ0) is 16.4. The van der Waals surface area contributed by atoms with Crippen LogP contribution in [-0.2, 0) is 10.0 Å². The number of nitrogens with zero attached hydrogens (tertiary/aromatic N) is 3. The van der Waals surface area contributed by atoms with E-state index >= 15 is 0 Å². The first-order valence-electron chi connectivity index (χ1n) is 7.54. The fourth-order valence-corrected chi connectivity index (χ4v) is 3.97. The molecular formula is C16H18N4O2S. The third-order valence-corrected chi connectivity index (χ3v) is 5.96. The van der Waals surface area contributed by atoms with Crippen LogP contribution >= 0.6 is 0 Å². The Hall–Kier alpha value is -2.17. The molecule has 1 N–H and O–H groups in total. The summed E-state index contributed by atoms with van der Waals surface area (Å²) in [6.45, 7) is 3.36. The van der Waals surface area contributed by atoms with E-state index < -0.39 is 10.0 Å². The Kier molecular flexibility index (Phi) is 4.20. The number of para-hydroxylation sites is 1. The van der Waals surface area contributed by atoms with E-state index in [-0.39, 0.29) is 11.7 Å². The van der Waals surface area contributed by atoms with Crippen molar-refractivity contribution in [3.63, 3.8) is 0 Å². The molecule has 0 radical (unpaired) electrons. The molecule has 0 spiro atoms. The van der Waals surface area contributed by atoms with Gasteiger partial charge in [0.25, 0.3) is 0 Å². The van der Waals surface area contributed by atoms with Crippen molar-refractivity contribution in [1.82, 2.24) is 9.29 Å². The van der Waals surface area contributed by atoms with Crippen LogP contribution in [0.15, 0.2) is 30.5 Å². The van der Waals surface area contributed by atoms with E-state index in [9.17, 15) is 13.7 Å². The Bertz CT molecular complexity index is 867. The molecule has 2 heterocycles. The van der Waals surface area contributed by atoms with Gasteiger partial charge in [-0.2, -0.15) is 5.26 Å². The minimum absolute atomic E-state index is 0.140. The number of nitrogens with one attached hydrogen (secondary N) is 1. The fourth-order valence-electron chi connectivity index (χ4n) is 2.72. The van der Waals surface area contributed by atoms with Crippen molar-refractivity contribution in [2.24, 2.45) is 5.92 Å². The van der Waals surface area contributed by atoms with Gasteiger partial charge in [0.1, 0.15) is 6.07 Å². The lowest BCUT2D eigenvalue weighted by Crippen LogP contribution is -2.52. The molecule has 0 bridgehead atoms. The molecule has 23 heavy (non-hydrogen) atoms. The summed E-state index contributed by atoms with van der Waals surface area (Å²) >= 11 is 0. The van der Waals surface area contributed by atoms with Gasteiger partial charge in [-0.15, -0.1) is 0 Å². The van der Waals surface area contributed by atoms with E-state index in [1.807, 2.05) is 24.3 Å². The zero-order valence-corrected chi connectivity index (χ0v) is 13.7. The summed E-state index contributed by atoms with van der Waals surface area (Å²) in [5.74, 6) is 0.399. The van der Waals surface area contributed by atoms with Gasteiger partial charge in [0.2, 0.25) is 10.0 Å². The normalized spacial score (nSPS) is 16.0. The molecule has 2 aromatic rings. The SMILES string of the molecule is CCS(=O)(=O)N1CC(CNc2c(C#N)cnc3ccccc23)C1. The predicted molar refractivity (Wildman–Crippen MR) is 89.5 cm³/mol. The van der Waals surface area contributed by atoms with Gasteiger partial charge in [-0.05, 0) is 13.0 Å². The molecule has 120 valence electrons. The second-order valence-corrected chi connectivity index (χ2v) is 7.90. The average molecular weight is 330 g/mol. The topological polar surface area (TPSA) is 86.1 Å². The van der Waals surface area contributed by atoms with Crippen molar-refractivity contribution in [3.8, 4) is 6.07 Å². The smallest absolute Gasteiger partial charge is 0.213 e. The van der Waals surface area contributed by atoms with Crippen molar-refractivity contribution in [2.75, 3.05) is 30.7 Å². The lowest BCUT2D eigenvalue weighted by atomic mass is 10.0. The molecule has 0 aliphatic carbocycles. The summed E-state index contributed by atoms with van der Waals surface area (Å²) in [5.41, 5.74) is 2.11. The number of sulfonamides is 1. The van der Waals surface area contributed by atoms with Crippen LogP contribution in [0.4, 0.5) is 5.69 Å². The molecule has 1 aliphatic rings. The third kappa shape index (κ3) is 3.00. The van der Waals surface area contributed by atoms with Crippen molar-refractivity contribution < 1.29 is 8.42 Å². The number of rotatable bonds is 5. The Labute approximate surface area is 135 Å². The number of pyridine rings is 1. The Balaban J connectivity index is 1.73. The molecule has 0 saturated carbocycles. The summed E-state index contributed by atoms with van der Waals surface area (Å²) < 4.78 is 25.0. The van der Waals surface area contributed by atoms with Gasteiger partial charge in [0.15, 0.2) is 0 Å². The molecule has 7 heteroatoms. The molecule has 1 saturated heterocycles. The highest BCUT2D eigenvalue weighted by Crippen LogP contribution is 2.27. The van der Waals surface area contributed by atoms with Crippen LogP contribution in [0.3, 0.4) is 0 Å². The second kappa shape index (κ2) is 6.14. The van der Waals surface area contributed by atoms with Gasteiger partial charge in [0, 0.05) is 37.1 Å². The van der Waals surface area contributed by atoms with Gasteiger partial charge in [-0.25, -0.2) is 12.7 Å². The molecule has 1 aromatic carbocycles. The van der Waals surface area contributed by atoms with Gasteiger partial charge in [-0.1, -0.05) is 18.2 Å². The first kappa shape index (κ1) is 15.7. The summed E-state index contributed by atoms with van der Waals surface area (Å²) in [4.78, 5) is 4.28. The number of fused-ring (bicyclic) bond motifs is 1. The van der Waals surface area contributed by atoms with Crippen molar-refractivity contribution >= 4 is 26.6 Å². The van der Waals surface area contributed by atoms with Crippen LogP contribution in [0.2, 0.25) is 0 Å². The summed E-state index contributed by atoms with van der Waals surface area (Å²) in [6.07, 6.45) is 1.57. The molecule has 6 nitrogen and oxygen atoms in total. The highest BCUT2D eigenvalue weighted by atomic mass is 32.2. The molecule has 1 fully saturated rings. The Morgan fingerprint density at radius 2 is 2.13 bits per heavy atom. The zero-order valence-electron chi connectivity index (χ0n) is 12.9. The van der Waals surface area contributed by atoms with E-state index in [0.29, 0.717) is 25.2 Å². The molecule has 1 aliphatic heterocycles. The fraction of sp³-hybridized carbons (Fsp3) is 0.375. The van der Waals surface area contributed by atoms with E-state index in [0.717, 1.165) is 16.6 Å². The highest BCUT2D eigenvalue weighted by Gasteiger charge is 2.34. The maximum absolute atomic E-state index is 11.7. The highest BCUT2D eigenvalue weighted by molar-refractivity contribution is 7.89. The first-order valence-corrected chi connectivity index (χ1v) is 9.15. The van der Waals surface area contributed by atoms with Crippen LogP contribution < -0.4 is 5.32 Å². The minimum atomic E-state index is -3.08. The average Bonchev–Trinajstić information content (AvgIpc) is 2.53. The lowest BCUT2D eigenvalue weighted by molar-refractivity contribution is 0.212. The number of hydrogen-bond acceptors (Lipinski definition) is 5. The Morgan fingerprint density at radius 3 is 2.83 bits per heavy atom. The third-order valence-electron chi connectivity index (χ3n) is 4.15. The number of anilines is 1. The van der Waals surface area contributed by atoms with E-state index in [4.69, 9.17) is 0 Å². The molecule has 0 unspecified atom stereocenters. The first-order chi connectivity index (χ1) is 11.0. The van der Waals surface area contributed by atoms with Crippen molar-refractivity contribution in [1.29, 1.82) is 5.26 Å². The number of aromatic nitrogens is 1. The van der Waals surface area contributed by atoms with Crippen LogP contribution in [0, 0.1) is 17.2 Å². The Morgan fingerprint density at radius 1 is 1.39 bits per heavy atom. The summed E-state index contributed by atoms with van der Waals surface area (Å²) in [5, 5.41) is 13.5. The lowest BCUT2D eigenvalue weighted by Gasteiger charge is -2.38. The van der Waals surface area contributed by atoms with Crippen molar-refractivity contribution in [3.05, 3.63) is 36.0 Å². The van der Waals surface area contributed by atoms with Gasteiger partial charge >= 0.3 is 0 Å². The van der Waals surface area contributed by atoms with Gasteiger partial charge in [0.05, 0.1) is 22.5 Å². The summed E-state index contributed by atoms with van der Waals surface area (Å²) in [6, 6.07) is 9.81. The molecule has 3 rings (SSSR count). The number of nitriles is 1. The van der Waals surface area contributed by atoms with Crippen LogP contribution in [0.25, 0.3) is 10.9 Å². The maximum Gasteiger partial charge on any atom is 0.213 e. The van der Waals surface area contributed by atoms with Crippen LogP contribution in [-0.4, -0.2) is 43.1 Å². The number of benzene rings is 1. The molecule has 1 aromatic heterocycles. The van der Waals surface area contributed by atoms with Gasteiger partial charge < -0.3 is 5.32 Å². The molecule has 0 atom stereocenters. The standard InChI is InChI=1S/C16H18N4O2S/c1-2-23(21,22)20-10-12(11-20)8-19-16-13(7-17)9-18-15-6-4-3-5-14(15)16/h3-6,9,12H,2,8,10-11H2,1H3,(H,18,19). The van der Waals surface area contributed by atoms with Crippen LogP contribution in [0.1, 0.15) is 12.5 Å². The predicted octanol–water partition coefficient (Wildman–Crippen LogP) is 1.80. The van der Waals surface area contributed by atoms with Crippen molar-refractivity contribution in [2.45, 2.75) is 6.92 Å². The largest absolute Gasteiger partial charge is 0.383 e. The van der Waals surface area contributed by atoms with E-state index in [1.54, 1.807) is 13.1 Å². The maximum atomic E-state index is 11.7. The molecule has 0 amide bonds. The van der Waals surface area contributed by atoms with E-state index in [1.165, 1.54) is 4.31 Å². The van der Waals surface area contributed by atoms with E-state index in [2.05, 4.69) is 16.4 Å². The minimum Gasteiger partial charge on any atom is -0.383 e. The number of hydrogen-bond donors (Lipinski definition) is 1. The van der Waals surface area contributed by atoms with Gasteiger partial charge in [-0.3, -0.25) is 4.98 Å². The summed E-state index contributed by atoms with van der Waals surface area (Å²) in [7, 11) is -3.08. The molecular weight excluding hydrogens is 312 g/mol. The quantitative estimate of drug-likeness (QED) is 0.903. The second-order valence-electron chi connectivity index (χ2n) is 5.64. The van der Waals surface area contributed by atoms with Crippen LogP contribution in [0.5, 0.6) is 0 Å².